The van der Waals surface area contributed by atoms with E-state index in [1.807, 2.05) is 0 Å². The largest absolute Gasteiger partial charge is 0.481 e. The van der Waals surface area contributed by atoms with E-state index in [9.17, 15) is 4.79 Å². The van der Waals surface area contributed by atoms with Gasteiger partial charge in [0.1, 0.15) is 0 Å². The van der Waals surface area contributed by atoms with Crippen LogP contribution >= 0.6 is 0 Å². The van der Waals surface area contributed by atoms with Gasteiger partial charge in [-0.05, 0) is 25.3 Å². The molecule has 0 bridgehead atoms. The Morgan fingerprint density at radius 2 is 1.86 bits per heavy atom. The maximum atomic E-state index is 11.0. The van der Waals surface area contributed by atoms with Crippen molar-refractivity contribution in [2.24, 2.45) is 17.6 Å². The van der Waals surface area contributed by atoms with E-state index in [0.29, 0.717) is 12.5 Å². The molecule has 0 saturated carbocycles. The minimum Gasteiger partial charge on any atom is -0.481 e. The summed E-state index contributed by atoms with van der Waals surface area (Å²) in [6, 6.07) is 0. The summed E-state index contributed by atoms with van der Waals surface area (Å²) in [5, 5.41) is 9.07. The Kier molecular flexibility index (Phi) is 7.48. The molecule has 0 radical (unpaired) electrons. The summed E-state index contributed by atoms with van der Waals surface area (Å²) < 4.78 is 0. The highest BCUT2D eigenvalue weighted by atomic mass is 16.4. The van der Waals surface area contributed by atoms with Gasteiger partial charge >= 0.3 is 5.97 Å². The molecule has 3 N–H and O–H groups in total. The number of hydrogen-bond donors (Lipinski definition) is 2. The first-order valence-corrected chi connectivity index (χ1v) is 5.60. The predicted molar refractivity (Wildman–Crippen MR) is 58.1 cm³/mol. The maximum absolute atomic E-state index is 11.0. The lowest BCUT2D eigenvalue weighted by atomic mass is 9.84. The fourth-order valence-corrected chi connectivity index (χ4v) is 1.93. The average molecular weight is 201 g/mol. The van der Waals surface area contributed by atoms with E-state index in [1.165, 1.54) is 0 Å². The van der Waals surface area contributed by atoms with E-state index in [-0.39, 0.29) is 5.92 Å². The predicted octanol–water partition coefficient (Wildman–Crippen LogP) is 2.25. The van der Waals surface area contributed by atoms with Gasteiger partial charge in [0.15, 0.2) is 0 Å². The Morgan fingerprint density at radius 1 is 1.29 bits per heavy atom. The quantitative estimate of drug-likeness (QED) is 0.592. The van der Waals surface area contributed by atoms with Crippen LogP contribution in [0.2, 0.25) is 0 Å². The molecular formula is C11H23NO2. The highest BCUT2D eigenvalue weighted by molar-refractivity contribution is 5.70. The van der Waals surface area contributed by atoms with E-state index in [4.69, 9.17) is 10.8 Å². The molecule has 84 valence electrons. The van der Waals surface area contributed by atoms with Crippen LogP contribution in [0.1, 0.15) is 46.0 Å². The van der Waals surface area contributed by atoms with Crippen molar-refractivity contribution in [2.75, 3.05) is 6.54 Å². The highest BCUT2D eigenvalue weighted by Gasteiger charge is 2.24. The first kappa shape index (κ1) is 13.4. The normalized spacial score (nSPS) is 13.1. The molecule has 3 heteroatoms. The van der Waals surface area contributed by atoms with E-state index >= 15 is 0 Å². The molecule has 0 spiro atoms. The van der Waals surface area contributed by atoms with Crippen LogP contribution in [-0.4, -0.2) is 17.6 Å². The number of rotatable bonds is 8. The van der Waals surface area contributed by atoms with Crippen molar-refractivity contribution in [3.63, 3.8) is 0 Å². The molecule has 0 aromatic carbocycles. The lowest BCUT2D eigenvalue weighted by Gasteiger charge is -2.21. The summed E-state index contributed by atoms with van der Waals surface area (Å²) in [4.78, 5) is 11.0. The van der Waals surface area contributed by atoms with Crippen LogP contribution in [0.3, 0.4) is 0 Å². The van der Waals surface area contributed by atoms with Gasteiger partial charge in [-0.25, -0.2) is 0 Å². The first-order chi connectivity index (χ1) is 6.67. The Bertz CT molecular complexity index is 155. The zero-order chi connectivity index (χ0) is 11.0. The van der Waals surface area contributed by atoms with Crippen LogP contribution in [0.5, 0.6) is 0 Å². The third-order valence-corrected chi connectivity index (χ3v) is 2.90. The highest BCUT2D eigenvalue weighted by Crippen LogP contribution is 2.24. The molecule has 0 aliphatic rings. The average Bonchev–Trinajstić information content (AvgIpc) is 2.17. The van der Waals surface area contributed by atoms with Crippen LogP contribution in [-0.2, 0) is 4.79 Å². The Balaban J connectivity index is 4.06. The first-order valence-electron chi connectivity index (χ1n) is 5.60. The van der Waals surface area contributed by atoms with Gasteiger partial charge in [-0.15, -0.1) is 0 Å². The van der Waals surface area contributed by atoms with E-state index < -0.39 is 5.97 Å². The molecule has 0 aromatic heterocycles. The Labute approximate surface area is 86.7 Å². The van der Waals surface area contributed by atoms with Gasteiger partial charge < -0.3 is 10.8 Å². The maximum Gasteiger partial charge on any atom is 0.306 e. The summed E-state index contributed by atoms with van der Waals surface area (Å²) in [6.45, 7) is 4.79. The van der Waals surface area contributed by atoms with E-state index in [2.05, 4.69) is 13.8 Å². The molecular weight excluding hydrogens is 178 g/mol. The second kappa shape index (κ2) is 7.80. The topological polar surface area (TPSA) is 63.3 Å². The third kappa shape index (κ3) is 4.61. The molecule has 14 heavy (non-hydrogen) atoms. The van der Waals surface area contributed by atoms with Crippen molar-refractivity contribution in [3.8, 4) is 0 Å². The summed E-state index contributed by atoms with van der Waals surface area (Å²) in [5.74, 6) is -0.488. The molecule has 0 amide bonds. The molecule has 0 heterocycles. The summed E-state index contributed by atoms with van der Waals surface area (Å²) in [7, 11) is 0. The van der Waals surface area contributed by atoms with Gasteiger partial charge in [-0.3, -0.25) is 4.79 Å². The third-order valence-electron chi connectivity index (χ3n) is 2.90. The minimum atomic E-state index is -0.643. The Hall–Kier alpha value is -0.570. The van der Waals surface area contributed by atoms with Crippen LogP contribution in [0.15, 0.2) is 0 Å². The molecule has 1 unspecified atom stereocenters. The second-order valence-corrected chi connectivity index (χ2v) is 3.81. The van der Waals surface area contributed by atoms with Crippen molar-refractivity contribution in [2.45, 2.75) is 46.0 Å². The summed E-state index contributed by atoms with van der Waals surface area (Å²) in [5.41, 5.74) is 5.38. The number of unbranched alkanes of at least 4 members (excludes halogenated alkanes) is 1. The van der Waals surface area contributed by atoms with Crippen LogP contribution in [0.4, 0.5) is 0 Å². The molecule has 3 nitrogen and oxygen atoms in total. The summed E-state index contributed by atoms with van der Waals surface area (Å²) >= 11 is 0. The summed E-state index contributed by atoms with van der Waals surface area (Å²) in [6.07, 6.45) is 4.55. The van der Waals surface area contributed by atoms with Crippen LogP contribution in [0.25, 0.3) is 0 Å². The molecule has 0 aliphatic heterocycles. The number of hydrogen-bond acceptors (Lipinski definition) is 2. The van der Waals surface area contributed by atoms with Gasteiger partial charge in [-0.2, -0.15) is 0 Å². The molecule has 0 rings (SSSR count). The van der Waals surface area contributed by atoms with Crippen molar-refractivity contribution in [1.29, 1.82) is 0 Å². The zero-order valence-electron chi connectivity index (χ0n) is 9.33. The zero-order valence-corrected chi connectivity index (χ0v) is 9.33. The number of aliphatic carboxylic acids is 1. The monoisotopic (exact) mass is 201 g/mol. The van der Waals surface area contributed by atoms with Gasteiger partial charge in [0.2, 0.25) is 0 Å². The molecule has 0 saturated heterocycles. The number of carboxylic acids is 1. The van der Waals surface area contributed by atoms with Crippen molar-refractivity contribution in [3.05, 3.63) is 0 Å². The minimum absolute atomic E-state index is 0.170. The second-order valence-electron chi connectivity index (χ2n) is 3.81. The smallest absolute Gasteiger partial charge is 0.306 e. The SMILES string of the molecule is CCC(CC)C(CCCCN)C(=O)O. The van der Waals surface area contributed by atoms with Crippen molar-refractivity contribution in [1.82, 2.24) is 0 Å². The van der Waals surface area contributed by atoms with Crippen molar-refractivity contribution < 1.29 is 9.90 Å². The lowest BCUT2D eigenvalue weighted by molar-refractivity contribution is -0.144. The molecule has 0 aliphatic carbocycles. The van der Waals surface area contributed by atoms with Gasteiger partial charge in [0.25, 0.3) is 0 Å². The molecule has 0 fully saturated rings. The fourth-order valence-electron chi connectivity index (χ4n) is 1.93. The van der Waals surface area contributed by atoms with Gasteiger partial charge in [-0.1, -0.05) is 33.1 Å². The van der Waals surface area contributed by atoms with Crippen molar-refractivity contribution >= 4 is 5.97 Å². The number of nitrogens with two attached hydrogens (primary N) is 1. The molecule has 1 atom stereocenters. The standard InChI is InChI=1S/C11H23NO2/c1-3-9(4-2)10(11(13)14)7-5-6-8-12/h9-10H,3-8,12H2,1-2H3,(H,13,14). The van der Waals surface area contributed by atoms with E-state index in [0.717, 1.165) is 32.1 Å². The number of carboxylic acid groups (broad SMARTS) is 1. The molecule has 0 aromatic rings. The fraction of sp³-hybridized carbons (Fsp3) is 0.909. The Morgan fingerprint density at radius 3 is 2.21 bits per heavy atom. The lowest BCUT2D eigenvalue weighted by Crippen LogP contribution is -2.23. The number of carbonyl (C=O) groups is 1. The van der Waals surface area contributed by atoms with Gasteiger partial charge in [0, 0.05) is 0 Å². The van der Waals surface area contributed by atoms with Crippen LogP contribution in [0, 0.1) is 11.8 Å². The van der Waals surface area contributed by atoms with Gasteiger partial charge in [0.05, 0.1) is 5.92 Å². The van der Waals surface area contributed by atoms with Crippen LogP contribution < -0.4 is 5.73 Å². The van der Waals surface area contributed by atoms with E-state index in [1.54, 1.807) is 0 Å².